The summed E-state index contributed by atoms with van der Waals surface area (Å²) < 4.78 is 3.86. The molecule has 3 nitrogen and oxygen atoms in total. The molecular formula is C15H10BrN3S. The van der Waals surface area contributed by atoms with Crippen LogP contribution in [0.5, 0.6) is 0 Å². The lowest BCUT2D eigenvalue weighted by Gasteiger charge is -1.91. The van der Waals surface area contributed by atoms with Crippen LogP contribution in [0.25, 0.3) is 20.2 Å². The quantitative estimate of drug-likeness (QED) is 0.465. The average Bonchev–Trinajstić information content (AvgIpc) is 2.88. The Morgan fingerprint density at radius 3 is 2.25 bits per heavy atom. The largest absolute Gasteiger partial charge is 0.139 e. The van der Waals surface area contributed by atoms with Gasteiger partial charge >= 0.3 is 0 Å². The minimum Gasteiger partial charge on any atom is -0.139 e. The van der Waals surface area contributed by atoms with Crippen LogP contribution in [-0.4, -0.2) is 15.4 Å². The molecule has 0 aliphatic heterocycles. The first-order chi connectivity index (χ1) is 9.84. The fourth-order valence-electron chi connectivity index (χ4n) is 1.90. The number of rotatable bonds is 0. The second kappa shape index (κ2) is 6.07. The van der Waals surface area contributed by atoms with Crippen LogP contribution in [-0.2, 0) is 0 Å². The van der Waals surface area contributed by atoms with Crippen molar-refractivity contribution in [3.63, 3.8) is 0 Å². The molecule has 0 saturated carbocycles. The first-order valence-electron chi connectivity index (χ1n) is 6.00. The third-order valence-corrected chi connectivity index (χ3v) is 4.39. The van der Waals surface area contributed by atoms with Crippen LogP contribution in [0.3, 0.4) is 0 Å². The Balaban J connectivity index is 0.000000170. The summed E-state index contributed by atoms with van der Waals surface area (Å²) in [5.74, 6) is 0. The van der Waals surface area contributed by atoms with Crippen LogP contribution in [0.2, 0.25) is 0 Å². The van der Waals surface area contributed by atoms with E-state index in [1.807, 2.05) is 11.3 Å². The third kappa shape index (κ3) is 2.84. The molecule has 0 aliphatic carbocycles. The van der Waals surface area contributed by atoms with Gasteiger partial charge in [0.1, 0.15) is 0 Å². The maximum absolute atomic E-state index is 3.51. The van der Waals surface area contributed by atoms with Gasteiger partial charge in [-0.25, -0.2) is 0 Å². The molecule has 0 aliphatic rings. The highest BCUT2D eigenvalue weighted by Gasteiger charge is 2.03. The summed E-state index contributed by atoms with van der Waals surface area (Å²) in [7, 11) is 0. The van der Waals surface area contributed by atoms with E-state index in [9.17, 15) is 0 Å². The number of nitrogens with zero attached hydrogens (tertiary/aromatic N) is 3. The number of hydrogen-bond donors (Lipinski definition) is 0. The highest BCUT2D eigenvalue weighted by molar-refractivity contribution is 9.10. The lowest BCUT2D eigenvalue weighted by Crippen LogP contribution is -1.78. The summed E-state index contributed by atoms with van der Waals surface area (Å²) in [6, 6.07) is 16.7. The van der Waals surface area contributed by atoms with Gasteiger partial charge in [-0.2, -0.15) is 0 Å². The van der Waals surface area contributed by atoms with Crippen LogP contribution in [0.4, 0.5) is 0 Å². The Morgan fingerprint density at radius 1 is 0.800 bits per heavy atom. The lowest BCUT2D eigenvalue weighted by molar-refractivity contribution is 0.865. The Kier molecular flexibility index (Phi) is 3.99. The second-order valence-corrected chi connectivity index (χ2v) is 6.05. The van der Waals surface area contributed by atoms with Crippen LogP contribution in [0, 0.1) is 0 Å². The molecule has 0 fully saturated rings. The van der Waals surface area contributed by atoms with Crippen LogP contribution in [0.15, 0.2) is 65.4 Å². The first-order valence-corrected chi connectivity index (χ1v) is 7.61. The van der Waals surface area contributed by atoms with Crippen molar-refractivity contribution < 1.29 is 0 Å². The number of hydrogen-bond acceptors (Lipinski definition) is 4. The lowest BCUT2D eigenvalue weighted by atomic mass is 10.2. The standard InChI is InChI=1S/C12H7BrS.C3H3N3/c13-8-5-6-12-10(7-8)9-3-1-2-4-11(9)14-12;1-2-4-6-5-3-1/h1-7H;1-3H. The van der Waals surface area contributed by atoms with E-state index in [1.54, 1.807) is 18.5 Å². The molecule has 5 heteroatoms. The van der Waals surface area contributed by atoms with Gasteiger partial charge in [-0.15, -0.1) is 21.5 Å². The molecule has 0 N–H and O–H groups in total. The Hall–Kier alpha value is -1.85. The molecule has 4 aromatic rings. The van der Waals surface area contributed by atoms with Crippen molar-refractivity contribution in [2.24, 2.45) is 0 Å². The molecule has 0 spiro atoms. The zero-order valence-electron chi connectivity index (χ0n) is 10.4. The molecule has 0 radical (unpaired) electrons. The second-order valence-electron chi connectivity index (χ2n) is 4.05. The normalized spacial score (nSPS) is 10.2. The topological polar surface area (TPSA) is 38.7 Å². The SMILES string of the molecule is Brc1ccc2sc3ccccc3c2c1.c1cnnnc1. The van der Waals surface area contributed by atoms with Gasteiger partial charge < -0.3 is 0 Å². The summed E-state index contributed by atoms with van der Waals surface area (Å²) in [5, 5.41) is 12.8. The molecule has 20 heavy (non-hydrogen) atoms. The molecule has 0 atom stereocenters. The molecule has 2 heterocycles. The zero-order chi connectivity index (χ0) is 13.8. The maximum Gasteiger partial charge on any atom is 0.0529 e. The van der Waals surface area contributed by atoms with Crippen molar-refractivity contribution in [3.8, 4) is 0 Å². The molecule has 2 aromatic heterocycles. The average molecular weight is 344 g/mol. The van der Waals surface area contributed by atoms with Gasteiger partial charge in [0.05, 0.1) is 12.4 Å². The first kappa shape index (κ1) is 13.1. The van der Waals surface area contributed by atoms with Crippen molar-refractivity contribution in [1.29, 1.82) is 0 Å². The number of thiophene rings is 1. The summed E-state index contributed by atoms with van der Waals surface area (Å²) >= 11 is 5.36. The predicted molar refractivity (Wildman–Crippen MR) is 86.9 cm³/mol. The van der Waals surface area contributed by atoms with Crippen LogP contribution in [0.1, 0.15) is 0 Å². The van der Waals surface area contributed by atoms with Crippen LogP contribution >= 0.6 is 27.3 Å². The zero-order valence-corrected chi connectivity index (χ0v) is 12.8. The Bertz CT molecular complexity index is 803. The Morgan fingerprint density at radius 2 is 1.55 bits per heavy atom. The van der Waals surface area contributed by atoms with Crippen molar-refractivity contribution in [2.75, 3.05) is 0 Å². The van der Waals surface area contributed by atoms with Gasteiger partial charge in [-0.1, -0.05) is 34.1 Å². The summed E-state index contributed by atoms with van der Waals surface area (Å²) in [5.41, 5.74) is 0. The van der Waals surface area contributed by atoms with Gasteiger partial charge in [0.2, 0.25) is 0 Å². The van der Waals surface area contributed by atoms with Gasteiger partial charge in [0.25, 0.3) is 0 Å². The monoisotopic (exact) mass is 343 g/mol. The molecule has 0 unspecified atom stereocenters. The third-order valence-electron chi connectivity index (χ3n) is 2.75. The fourth-order valence-corrected chi connectivity index (χ4v) is 3.35. The van der Waals surface area contributed by atoms with Crippen molar-refractivity contribution in [2.45, 2.75) is 0 Å². The van der Waals surface area contributed by atoms with E-state index in [2.05, 4.69) is 73.8 Å². The van der Waals surface area contributed by atoms with E-state index >= 15 is 0 Å². The molecule has 0 amide bonds. The van der Waals surface area contributed by atoms with Gasteiger partial charge in [-0.05, 0) is 35.5 Å². The Labute approximate surface area is 128 Å². The highest BCUT2D eigenvalue weighted by Crippen LogP contribution is 2.34. The number of fused-ring (bicyclic) bond motifs is 3. The van der Waals surface area contributed by atoms with Gasteiger partial charge in [0.15, 0.2) is 0 Å². The van der Waals surface area contributed by atoms with Gasteiger partial charge in [0, 0.05) is 24.6 Å². The van der Waals surface area contributed by atoms with Crippen molar-refractivity contribution >= 4 is 47.4 Å². The molecule has 98 valence electrons. The fraction of sp³-hybridized carbons (Fsp3) is 0. The smallest absolute Gasteiger partial charge is 0.0529 e. The van der Waals surface area contributed by atoms with Gasteiger partial charge in [-0.3, -0.25) is 0 Å². The van der Waals surface area contributed by atoms with E-state index in [0.29, 0.717) is 0 Å². The minimum absolute atomic E-state index is 1.15. The highest BCUT2D eigenvalue weighted by atomic mass is 79.9. The molecule has 0 saturated heterocycles. The molecule has 4 rings (SSSR count). The minimum atomic E-state index is 1.15. The number of halogens is 1. The van der Waals surface area contributed by atoms with E-state index < -0.39 is 0 Å². The van der Waals surface area contributed by atoms with E-state index in [0.717, 1.165) is 4.47 Å². The number of aromatic nitrogens is 3. The number of benzene rings is 2. The molecular weight excluding hydrogens is 334 g/mol. The predicted octanol–water partition coefficient (Wildman–Crippen LogP) is 4.69. The summed E-state index contributed by atoms with van der Waals surface area (Å²) in [4.78, 5) is 0. The van der Waals surface area contributed by atoms with Crippen LogP contribution < -0.4 is 0 Å². The maximum atomic E-state index is 3.51. The molecule has 0 bridgehead atoms. The van der Waals surface area contributed by atoms with E-state index in [1.165, 1.54) is 20.2 Å². The molecule has 2 aromatic carbocycles. The van der Waals surface area contributed by atoms with E-state index in [4.69, 9.17) is 0 Å². The summed E-state index contributed by atoms with van der Waals surface area (Å²) in [6.07, 6.45) is 3.15. The van der Waals surface area contributed by atoms with Crippen molar-refractivity contribution in [3.05, 3.63) is 65.4 Å². The summed E-state index contributed by atoms with van der Waals surface area (Å²) in [6.45, 7) is 0. The van der Waals surface area contributed by atoms with E-state index in [-0.39, 0.29) is 0 Å². The van der Waals surface area contributed by atoms with Crippen molar-refractivity contribution in [1.82, 2.24) is 15.4 Å².